The SMILES string of the molecule is CNC(C)c1ncc(-c2cc(C)cc([N+](=O)[O-])c2)o1. The van der Waals surface area contributed by atoms with Crippen molar-refractivity contribution in [3.63, 3.8) is 0 Å². The molecule has 0 fully saturated rings. The van der Waals surface area contributed by atoms with Crippen LogP contribution >= 0.6 is 0 Å². The van der Waals surface area contributed by atoms with E-state index in [1.165, 1.54) is 12.1 Å². The van der Waals surface area contributed by atoms with Crippen LogP contribution in [-0.4, -0.2) is 17.0 Å². The molecule has 1 heterocycles. The molecule has 6 nitrogen and oxygen atoms in total. The summed E-state index contributed by atoms with van der Waals surface area (Å²) in [6.07, 6.45) is 1.58. The predicted octanol–water partition coefficient (Wildman–Crippen LogP) is 2.84. The maximum atomic E-state index is 10.8. The number of oxazole rings is 1. The molecule has 0 saturated carbocycles. The Morgan fingerprint density at radius 3 is 2.79 bits per heavy atom. The highest BCUT2D eigenvalue weighted by Gasteiger charge is 2.14. The smallest absolute Gasteiger partial charge is 0.270 e. The number of hydrogen-bond donors (Lipinski definition) is 1. The normalized spacial score (nSPS) is 12.4. The molecule has 0 aliphatic heterocycles. The van der Waals surface area contributed by atoms with Crippen molar-refractivity contribution in [2.45, 2.75) is 19.9 Å². The van der Waals surface area contributed by atoms with Gasteiger partial charge in [0.25, 0.3) is 5.69 Å². The number of rotatable bonds is 4. The van der Waals surface area contributed by atoms with E-state index in [1.807, 2.05) is 27.0 Å². The summed E-state index contributed by atoms with van der Waals surface area (Å²) in [6, 6.07) is 4.84. The van der Waals surface area contributed by atoms with Gasteiger partial charge in [-0.2, -0.15) is 0 Å². The van der Waals surface area contributed by atoms with Gasteiger partial charge in [-0.25, -0.2) is 4.98 Å². The molecule has 1 N–H and O–H groups in total. The van der Waals surface area contributed by atoms with Crippen LogP contribution < -0.4 is 5.32 Å². The molecule has 19 heavy (non-hydrogen) atoms. The predicted molar refractivity (Wildman–Crippen MR) is 70.8 cm³/mol. The Morgan fingerprint density at radius 2 is 2.16 bits per heavy atom. The fraction of sp³-hybridized carbons (Fsp3) is 0.308. The largest absolute Gasteiger partial charge is 0.439 e. The number of nitro benzene ring substituents is 1. The lowest BCUT2D eigenvalue weighted by atomic mass is 10.1. The molecule has 0 aliphatic carbocycles. The van der Waals surface area contributed by atoms with Crippen LogP contribution in [0.4, 0.5) is 5.69 Å². The van der Waals surface area contributed by atoms with Crippen LogP contribution in [-0.2, 0) is 0 Å². The van der Waals surface area contributed by atoms with Crippen molar-refractivity contribution in [3.05, 3.63) is 46.0 Å². The monoisotopic (exact) mass is 261 g/mol. The molecular weight excluding hydrogens is 246 g/mol. The molecule has 0 amide bonds. The number of benzene rings is 1. The Bertz CT molecular complexity index is 607. The molecule has 100 valence electrons. The lowest BCUT2D eigenvalue weighted by molar-refractivity contribution is -0.384. The van der Waals surface area contributed by atoms with Crippen molar-refractivity contribution >= 4 is 5.69 Å². The summed E-state index contributed by atoms with van der Waals surface area (Å²) >= 11 is 0. The summed E-state index contributed by atoms with van der Waals surface area (Å²) < 4.78 is 5.62. The van der Waals surface area contributed by atoms with Crippen LogP contribution in [0.5, 0.6) is 0 Å². The van der Waals surface area contributed by atoms with Gasteiger partial charge in [-0.3, -0.25) is 10.1 Å². The number of nitro groups is 1. The standard InChI is InChI=1S/C13H15N3O3/c1-8-4-10(6-11(5-8)16(17)18)12-7-15-13(19-12)9(2)14-3/h4-7,9,14H,1-3H3. The summed E-state index contributed by atoms with van der Waals surface area (Å²) in [6.45, 7) is 3.73. The Balaban J connectivity index is 2.41. The molecule has 1 unspecified atom stereocenters. The van der Waals surface area contributed by atoms with E-state index in [4.69, 9.17) is 4.42 Å². The second-order valence-corrected chi connectivity index (χ2v) is 4.39. The lowest BCUT2D eigenvalue weighted by Gasteiger charge is -2.04. The highest BCUT2D eigenvalue weighted by molar-refractivity contribution is 5.61. The Kier molecular flexibility index (Phi) is 3.62. The third-order valence-corrected chi connectivity index (χ3v) is 2.88. The number of non-ortho nitro benzene ring substituents is 1. The van der Waals surface area contributed by atoms with Gasteiger partial charge in [-0.05, 0) is 32.5 Å². The van der Waals surface area contributed by atoms with E-state index >= 15 is 0 Å². The van der Waals surface area contributed by atoms with Crippen LogP contribution in [0, 0.1) is 17.0 Å². The summed E-state index contributed by atoms with van der Waals surface area (Å²) in [5, 5.41) is 13.9. The molecule has 1 aromatic carbocycles. The van der Waals surface area contributed by atoms with E-state index in [0.717, 1.165) is 5.56 Å². The van der Waals surface area contributed by atoms with Crippen molar-refractivity contribution in [1.82, 2.24) is 10.3 Å². The number of aromatic nitrogens is 1. The van der Waals surface area contributed by atoms with Crippen LogP contribution in [0.2, 0.25) is 0 Å². The molecule has 0 radical (unpaired) electrons. The van der Waals surface area contributed by atoms with Gasteiger partial charge in [0, 0.05) is 17.7 Å². The minimum atomic E-state index is -0.413. The van der Waals surface area contributed by atoms with E-state index in [2.05, 4.69) is 10.3 Å². The zero-order valence-corrected chi connectivity index (χ0v) is 11.0. The van der Waals surface area contributed by atoms with E-state index in [-0.39, 0.29) is 11.7 Å². The second-order valence-electron chi connectivity index (χ2n) is 4.39. The van der Waals surface area contributed by atoms with Crippen molar-refractivity contribution in [2.24, 2.45) is 0 Å². The molecular formula is C13H15N3O3. The van der Waals surface area contributed by atoms with Crippen LogP contribution in [0.25, 0.3) is 11.3 Å². The summed E-state index contributed by atoms with van der Waals surface area (Å²) in [4.78, 5) is 14.6. The summed E-state index contributed by atoms with van der Waals surface area (Å²) in [5.74, 6) is 1.09. The average molecular weight is 261 g/mol. The zero-order valence-electron chi connectivity index (χ0n) is 11.0. The highest BCUT2D eigenvalue weighted by Crippen LogP contribution is 2.27. The fourth-order valence-corrected chi connectivity index (χ4v) is 1.76. The van der Waals surface area contributed by atoms with Gasteiger partial charge in [-0.15, -0.1) is 0 Å². The van der Waals surface area contributed by atoms with E-state index in [1.54, 1.807) is 6.20 Å². The Hall–Kier alpha value is -2.21. The van der Waals surface area contributed by atoms with Gasteiger partial charge in [-0.1, -0.05) is 0 Å². The molecule has 6 heteroatoms. The van der Waals surface area contributed by atoms with E-state index in [9.17, 15) is 10.1 Å². The molecule has 0 spiro atoms. The third-order valence-electron chi connectivity index (χ3n) is 2.88. The average Bonchev–Trinajstić information content (AvgIpc) is 2.86. The highest BCUT2D eigenvalue weighted by atomic mass is 16.6. The number of nitrogens with one attached hydrogen (secondary N) is 1. The molecule has 2 aromatic rings. The van der Waals surface area contributed by atoms with Gasteiger partial charge in [0.1, 0.15) is 0 Å². The first kappa shape index (κ1) is 13.2. The minimum Gasteiger partial charge on any atom is -0.439 e. The van der Waals surface area contributed by atoms with Crippen LogP contribution in [0.1, 0.15) is 24.4 Å². The summed E-state index contributed by atoms with van der Waals surface area (Å²) in [5.41, 5.74) is 1.52. The van der Waals surface area contributed by atoms with Crippen molar-refractivity contribution in [2.75, 3.05) is 7.05 Å². The quantitative estimate of drug-likeness (QED) is 0.676. The first-order chi connectivity index (χ1) is 9.01. The van der Waals surface area contributed by atoms with E-state index in [0.29, 0.717) is 17.2 Å². The van der Waals surface area contributed by atoms with Gasteiger partial charge in [0.05, 0.1) is 17.2 Å². The maximum absolute atomic E-state index is 10.8. The summed E-state index contributed by atoms with van der Waals surface area (Å²) in [7, 11) is 1.81. The lowest BCUT2D eigenvalue weighted by Crippen LogP contribution is -2.12. The first-order valence-corrected chi connectivity index (χ1v) is 5.90. The molecule has 0 bridgehead atoms. The van der Waals surface area contributed by atoms with Crippen LogP contribution in [0.15, 0.2) is 28.8 Å². The second kappa shape index (κ2) is 5.19. The molecule has 2 rings (SSSR count). The third kappa shape index (κ3) is 2.79. The van der Waals surface area contributed by atoms with Crippen molar-refractivity contribution in [1.29, 1.82) is 0 Å². The van der Waals surface area contributed by atoms with Crippen LogP contribution in [0.3, 0.4) is 0 Å². The Labute approximate surface area is 110 Å². The number of nitrogens with zero attached hydrogens (tertiary/aromatic N) is 2. The number of aryl methyl sites for hydroxylation is 1. The van der Waals surface area contributed by atoms with Gasteiger partial charge in [0.15, 0.2) is 5.76 Å². The van der Waals surface area contributed by atoms with Crippen molar-refractivity contribution in [3.8, 4) is 11.3 Å². The van der Waals surface area contributed by atoms with Gasteiger partial charge >= 0.3 is 0 Å². The molecule has 1 aromatic heterocycles. The first-order valence-electron chi connectivity index (χ1n) is 5.90. The zero-order chi connectivity index (χ0) is 14.0. The minimum absolute atomic E-state index is 0.00598. The van der Waals surface area contributed by atoms with Crippen molar-refractivity contribution < 1.29 is 9.34 Å². The molecule has 1 atom stereocenters. The molecule has 0 saturated heterocycles. The van der Waals surface area contributed by atoms with Gasteiger partial charge < -0.3 is 9.73 Å². The number of hydrogen-bond acceptors (Lipinski definition) is 5. The maximum Gasteiger partial charge on any atom is 0.270 e. The van der Waals surface area contributed by atoms with Gasteiger partial charge in [0.2, 0.25) is 5.89 Å². The topological polar surface area (TPSA) is 81.2 Å². The Morgan fingerprint density at radius 1 is 1.42 bits per heavy atom. The fourth-order valence-electron chi connectivity index (χ4n) is 1.76. The molecule has 0 aliphatic rings. The van der Waals surface area contributed by atoms with E-state index < -0.39 is 4.92 Å².